The average molecular weight is 1400 g/mol. The molecule has 13 aromatic carbocycles. The summed E-state index contributed by atoms with van der Waals surface area (Å²) in [7, 11) is -1.78. The summed E-state index contributed by atoms with van der Waals surface area (Å²) in [5, 5.41) is 25.9. The molecule has 0 atom stereocenters. The number of carbonyl (C=O) groups is 1. The van der Waals surface area contributed by atoms with Crippen LogP contribution < -0.4 is 63.7 Å². The number of aromatic carboxylic acids is 1. The Morgan fingerprint density at radius 3 is 0.630 bits per heavy atom. The van der Waals surface area contributed by atoms with E-state index in [4.69, 9.17) is 16.7 Å². The molecule has 14 rings (SSSR count). The van der Waals surface area contributed by atoms with Crippen molar-refractivity contribution in [2.75, 3.05) is 0 Å². The second kappa shape index (κ2) is 37.2. The smallest absolute Gasteiger partial charge is 0.337 e. The number of carboxylic acids is 1. The minimum absolute atomic E-state index is 0. The monoisotopic (exact) mass is 1390 g/mol. The zero-order valence-electron chi connectivity index (χ0n) is 50.2. The van der Waals surface area contributed by atoms with E-state index < -0.39 is 37.7 Å². The van der Waals surface area contributed by atoms with Crippen LogP contribution in [0.3, 0.4) is 0 Å². The molecule has 14 aromatic rings. The molecule has 0 fully saturated rings. The molecule has 0 aliphatic heterocycles. The van der Waals surface area contributed by atoms with E-state index in [9.17, 15) is 4.79 Å². The third kappa shape index (κ3) is 19.8. The van der Waals surface area contributed by atoms with Gasteiger partial charge in [-0.15, -0.1) is 11.3 Å². The third-order valence-electron chi connectivity index (χ3n) is 14.1. The van der Waals surface area contributed by atoms with Gasteiger partial charge in [-0.05, 0) is 113 Å². The number of nitrogens with zero attached hydrogens (tertiary/aromatic N) is 1. The van der Waals surface area contributed by atoms with Crippen molar-refractivity contribution in [2.45, 2.75) is 0 Å². The first kappa shape index (κ1) is 68.0. The normalized spacial score (nSPS) is 10.4. The molecule has 0 saturated carbocycles. The van der Waals surface area contributed by atoms with Gasteiger partial charge in [0.25, 0.3) is 0 Å². The second-order valence-corrected chi connectivity index (χ2v) is 30.4. The summed E-state index contributed by atoms with van der Waals surface area (Å²) >= 11 is 7.21. The van der Waals surface area contributed by atoms with E-state index in [0.717, 1.165) is 10.4 Å². The van der Waals surface area contributed by atoms with Crippen LogP contribution in [0.5, 0.6) is 0 Å². The standard InChI is InChI=1S/4C18H15P.C10H6ClNO2S.Pd/c4*1-4-10-16(11-5-1)19(17-12-6-2-7-13-17)18-14-8-3-9-15-18;11-8-2-1-6(3-7(8)10(13)14)9-4-12-5-15-9;/h4*1-15H;1-5H,(H,13,14);. The van der Waals surface area contributed by atoms with Crippen molar-refractivity contribution in [1.82, 2.24) is 4.98 Å². The number of thiazole rings is 1. The molecule has 1 heterocycles. The zero-order valence-corrected chi connectivity index (χ0v) is 56.9. The van der Waals surface area contributed by atoms with Crippen molar-refractivity contribution in [1.29, 1.82) is 0 Å². The SMILES string of the molecule is O=C(O)c1cc(-c2cncs2)ccc1Cl.[Pd].c1ccc(P(c2ccccc2)c2ccccc2)cc1.c1ccc(P(c2ccccc2)c2ccccc2)cc1.c1ccc(P(c2ccccc2)c2ccccc2)cc1.c1ccc(P(c2ccccc2)c2ccccc2)cc1. The number of carboxylic acid groups (broad SMARTS) is 1. The molecule has 454 valence electrons. The van der Waals surface area contributed by atoms with Crippen LogP contribution in [0.15, 0.2) is 394 Å². The van der Waals surface area contributed by atoms with Gasteiger partial charge in [-0.25, -0.2) is 4.79 Å². The molecule has 0 aliphatic rings. The largest absolute Gasteiger partial charge is 0.478 e. The van der Waals surface area contributed by atoms with Crippen molar-refractivity contribution in [2.24, 2.45) is 0 Å². The maximum absolute atomic E-state index is 10.8. The molecule has 0 saturated heterocycles. The van der Waals surface area contributed by atoms with Crippen LogP contribution in [-0.4, -0.2) is 16.1 Å². The minimum atomic E-state index is -1.02. The van der Waals surface area contributed by atoms with Crippen LogP contribution in [0.2, 0.25) is 5.02 Å². The molecule has 0 amide bonds. The van der Waals surface area contributed by atoms with Crippen LogP contribution in [0.1, 0.15) is 10.4 Å². The fourth-order valence-corrected chi connectivity index (χ4v) is 20.0. The molecule has 92 heavy (non-hydrogen) atoms. The minimum Gasteiger partial charge on any atom is -0.478 e. The number of hydrogen-bond acceptors (Lipinski definition) is 3. The van der Waals surface area contributed by atoms with Crippen LogP contribution in [0.4, 0.5) is 0 Å². The quantitative estimate of drug-likeness (QED) is 0.0872. The summed E-state index contributed by atoms with van der Waals surface area (Å²) in [6.07, 6.45) is 1.69. The predicted molar refractivity (Wildman–Crippen MR) is 400 cm³/mol. The van der Waals surface area contributed by atoms with E-state index >= 15 is 0 Å². The summed E-state index contributed by atoms with van der Waals surface area (Å²) in [5.41, 5.74) is 2.63. The van der Waals surface area contributed by atoms with Gasteiger partial charge in [0.2, 0.25) is 0 Å². The first-order valence-electron chi connectivity index (χ1n) is 29.7. The summed E-state index contributed by atoms with van der Waals surface area (Å²) < 4.78 is 0. The van der Waals surface area contributed by atoms with Gasteiger partial charge in [-0.2, -0.15) is 0 Å². The maximum Gasteiger partial charge on any atom is 0.337 e. The third-order valence-corrected chi connectivity index (χ3v) is 25.0. The maximum atomic E-state index is 10.8. The molecule has 3 nitrogen and oxygen atoms in total. The fraction of sp³-hybridized carbons (Fsp3) is 0. The summed E-state index contributed by atoms with van der Waals surface area (Å²) in [5.74, 6) is -1.02. The van der Waals surface area contributed by atoms with E-state index in [1.807, 2.05) is 0 Å². The van der Waals surface area contributed by atoms with Crippen LogP contribution >= 0.6 is 54.6 Å². The van der Waals surface area contributed by atoms with Gasteiger partial charge < -0.3 is 5.11 Å². The Morgan fingerprint density at radius 2 is 0.478 bits per heavy atom. The predicted octanol–water partition coefficient (Wildman–Crippen LogP) is 16.9. The van der Waals surface area contributed by atoms with Crippen molar-refractivity contribution in [3.8, 4) is 10.4 Å². The summed E-state index contributed by atoms with van der Waals surface area (Å²) in [4.78, 5) is 15.7. The topological polar surface area (TPSA) is 50.2 Å². The van der Waals surface area contributed by atoms with Gasteiger partial charge in [0.05, 0.1) is 21.0 Å². The van der Waals surface area contributed by atoms with Gasteiger partial charge in [0.1, 0.15) is 0 Å². The Hall–Kier alpha value is -8.37. The Morgan fingerprint density at radius 1 is 0.293 bits per heavy atom. The Kier molecular flexibility index (Phi) is 27.5. The number of benzene rings is 13. The molecule has 0 radical (unpaired) electrons. The van der Waals surface area contributed by atoms with E-state index in [1.165, 1.54) is 75.0 Å². The molecule has 1 aromatic heterocycles. The number of halogens is 1. The van der Waals surface area contributed by atoms with E-state index in [2.05, 4.69) is 369 Å². The summed E-state index contributed by atoms with van der Waals surface area (Å²) in [6, 6.07) is 134. The van der Waals surface area contributed by atoms with Crippen molar-refractivity contribution in [3.63, 3.8) is 0 Å². The molecule has 1 N–H and O–H groups in total. The van der Waals surface area contributed by atoms with Crippen molar-refractivity contribution < 1.29 is 30.3 Å². The first-order chi connectivity index (χ1) is 45.0. The van der Waals surface area contributed by atoms with Crippen LogP contribution in [0, 0.1) is 0 Å². The Bertz CT molecular complexity index is 3450. The molecule has 0 unspecified atom stereocenters. The first-order valence-corrected chi connectivity index (χ1v) is 36.3. The number of aromatic nitrogens is 1. The van der Waals surface area contributed by atoms with Gasteiger partial charge >= 0.3 is 5.97 Å². The zero-order chi connectivity index (χ0) is 62.5. The molecular formula is C82H66ClNO2P4PdS. The van der Waals surface area contributed by atoms with E-state index in [1.54, 1.807) is 29.9 Å². The van der Waals surface area contributed by atoms with Crippen LogP contribution in [-0.2, 0) is 20.4 Å². The summed E-state index contributed by atoms with van der Waals surface area (Å²) in [6.45, 7) is 0. The number of hydrogen-bond donors (Lipinski definition) is 1. The Balaban J connectivity index is 0.000000136. The van der Waals surface area contributed by atoms with E-state index in [-0.39, 0.29) is 31.0 Å². The second-order valence-electron chi connectivity index (χ2n) is 20.2. The average Bonchev–Trinajstić information content (AvgIpc) is 1.33. The van der Waals surface area contributed by atoms with Crippen molar-refractivity contribution >= 4 is 124 Å². The Labute approximate surface area is 569 Å². The van der Waals surface area contributed by atoms with Crippen molar-refractivity contribution in [3.05, 3.63) is 404 Å². The van der Waals surface area contributed by atoms with Gasteiger partial charge in [-0.1, -0.05) is 382 Å². The van der Waals surface area contributed by atoms with Gasteiger partial charge in [0.15, 0.2) is 0 Å². The fourth-order valence-electron chi connectivity index (χ4n) is 9.91. The van der Waals surface area contributed by atoms with E-state index in [0.29, 0.717) is 0 Å². The van der Waals surface area contributed by atoms with Crippen LogP contribution in [0.25, 0.3) is 10.4 Å². The van der Waals surface area contributed by atoms with Gasteiger partial charge in [0, 0.05) is 26.6 Å². The number of rotatable bonds is 14. The van der Waals surface area contributed by atoms with Gasteiger partial charge in [-0.3, -0.25) is 4.98 Å². The molecule has 0 spiro atoms. The molecule has 0 aliphatic carbocycles. The molecular weight excluding hydrogens is 1330 g/mol. The molecule has 0 bridgehead atoms. The molecule has 10 heteroatoms.